The Kier molecular flexibility index (Phi) is 3.18. The number of urea groups is 1. The van der Waals surface area contributed by atoms with Gasteiger partial charge in [0.2, 0.25) is 5.95 Å². The minimum absolute atomic E-state index is 0.172. The maximum atomic E-state index is 11.7. The Morgan fingerprint density at radius 1 is 1.35 bits per heavy atom. The van der Waals surface area contributed by atoms with E-state index in [2.05, 4.69) is 31.0 Å². The lowest BCUT2D eigenvalue weighted by Gasteiger charge is -2.07. The number of hydrogen-bond acceptors (Lipinski definition) is 7. The molecular formula is C13H13N7O2S. The van der Waals surface area contributed by atoms with Gasteiger partial charge in [-0.1, -0.05) is 11.8 Å². The van der Waals surface area contributed by atoms with Gasteiger partial charge in [-0.3, -0.25) is 10.1 Å². The molecular weight excluding hydrogens is 318 g/mol. The van der Waals surface area contributed by atoms with Crippen molar-refractivity contribution in [3.63, 3.8) is 0 Å². The molecule has 3 N–H and O–H groups in total. The van der Waals surface area contributed by atoms with Crippen LogP contribution in [0.1, 0.15) is 18.4 Å². The molecule has 0 radical (unpaired) electrons. The molecule has 2 aliphatic rings. The smallest absolute Gasteiger partial charge is 0.326 e. The molecule has 0 spiro atoms. The van der Waals surface area contributed by atoms with Crippen LogP contribution in [0.3, 0.4) is 0 Å². The Morgan fingerprint density at radius 3 is 2.83 bits per heavy atom. The van der Waals surface area contributed by atoms with Gasteiger partial charge in [0.15, 0.2) is 10.8 Å². The van der Waals surface area contributed by atoms with Crippen molar-refractivity contribution in [3.05, 3.63) is 17.5 Å². The molecule has 0 atom stereocenters. The van der Waals surface area contributed by atoms with Gasteiger partial charge in [0.05, 0.1) is 6.20 Å². The zero-order valence-electron chi connectivity index (χ0n) is 12.2. The van der Waals surface area contributed by atoms with Crippen molar-refractivity contribution in [3.8, 4) is 0 Å². The van der Waals surface area contributed by atoms with Gasteiger partial charge in [0.25, 0.3) is 5.91 Å². The molecule has 10 heteroatoms. The molecule has 2 fully saturated rings. The summed E-state index contributed by atoms with van der Waals surface area (Å²) in [5.74, 6) is 0.163. The number of hydrogen-bond donors (Lipinski definition) is 3. The average Bonchev–Trinajstić information content (AvgIpc) is 3.16. The second kappa shape index (κ2) is 5.23. The fraction of sp³-hybridized carbons (Fsp3) is 0.308. The van der Waals surface area contributed by atoms with E-state index in [0.717, 1.165) is 12.8 Å². The quantitative estimate of drug-likeness (QED) is 0.427. The summed E-state index contributed by atoms with van der Waals surface area (Å²) in [7, 11) is 0. The van der Waals surface area contributed by atoms with Crippen molar-refractivity contribution in [2.75, 3.05) is 11.6 Å². The number of carbonyl (C=O) groups is 2. The summed E-state index contributed by atoms with van der Waals surface area (Å²) in [6, 6.07) is -0.109. The predicted octanol–water partition coefficient (Wildman–Crippen LogP) is 0.601. The summed E-state index contributed by atoms with van der Waals surface area (Å²) in [5, 5.41) is 12.8. The third-order valence-electron chi connectivity index (χ3n) is 3.49. The highest BCUT2D eigenvalue weighted by molar-refractivity contribution is 7.98. The van der Waals surface area contributed by atoms with E-state index in [-0.39, 0.29) is 5.70 Å². The minimum atomic E-state index is -0.534. The Hall–Kier alpha value is -2.62. The van der Waals surface area contributed by atoms with Gasteiger partial charge in [0.1, 0.15) is 5.70 Å². The molecule has 118 valence electrons. The average molecular weight is 331 g/mol. The highest BCUT2D eigenvalue weighted by atomic mass is 32.2. The molecule has 1 aliphatic heterocycles. The van der Waals surface area contributed by atoms with E-state index in [1.165, 1.54) is 11.8 Å². The highest BCUT2D eigenvalue weighted by Crippen LogP contribution is 2.26. The largest absolute Gasteiger partial charge is 0.351 e. The van der Waals surface area contributed by atoms with Crippen LogP contribution in [0.2, 0.25) is 0 Å². The molecule has 0 unspecified atom stereocenters. The van der Waals surface area contributed by atoms with E-state index < -0.39 is 11.9 Å². The van der Waals surface area contributed by atoms with E-state index >= 15 is 0 Å². The molecule has 0 bridgehead atoms. The molecule has 0 aromatic carbocycles. The van der Waals surface area contributed by atoms with Crippen LogP contribution in [-0.2, 0) is 4.79 Å². The standard InChI is InChI=1S/C13H13N7O2S/c1-23-13-17-9-6(4-8-10(21)18-12(22)16-8)5-14-20(9)11(19-13)15-7-2-3-7/h4-5,7H,2-3H2,1H3,(H,15,17,19)(H2,16,18,21,22). The van der Waals surface area contributed by atoms with Gasteiger partial charge in [-0.05, 0) is 25.2 Å². The maximum absolute atomic E-state index is 11.7. The van der Waals surface area contributed by atoms with Crippen molar-refractivity contribution in [1.29, 1.82) is 0 Å². The summed E-state index contributed by atoms with van der Waals surface area (Å²) >= 11 is 1.43. The summed E-state index contributed by atoms with van der Waals surface area (Å²) in [6.07, 6.45) is 7.28. The zero-order valence-corrected chi connectivity index (χ0v) is 13.0. The van der Waals surface area contributed by atoms with Crippen LogP contribution >= 0.6 is 11.8 Å². The number of aromatic nitrogens is 4. The van der Waals surface area contributed by atoms with Gasteiger partial charge in [-0.2, -0.15) is 14.6 Å². The normalized spacial score (nSPS) is 19.3. The van der Waals surface area contributed by atoms with Crippen LogP contribution in [0.25, 0.3) is 11.7 Å². The number of amides is 3. The number of rotatable bonds is 4. The first-order valence-corrected chi connectivity index (χ1v) is 8.27. The van der Waals surface area contributed by atoms with Crippen molar-refractivity contribution < 1.29 is 9.59 Å². The molecule has 3 amide bonds. The fourth-order valence-electron chi connectivity index (χ4n) is 2.21. The predicted molar refractivity (Wildman–Crippen MR) is 83.9 cm³/mol. The molecule has 1 saturated heterocycles. The Morgan fingerprint density at radius 2 is 2.17 bits per heavy atom. The van der Waals surface area contributed by atoms with Crippen molar-refractivity contribution in [2.24, 2.45) is 0 Å². The number of nitrogens with zero attached hydrogens (tertiary/aromatic N) is 4. The van der Waals surface area contributed by atoms with Crippen LogP contribution in [0, 0.1) is 0 Å². The number of fused-ring (bicyclic) bond motifs is 1. The van der Waals surface area contributed by atoms with Gasteiger partial charge < -0.3 is 10.6 Å². The first-order chi connectivity index (χ1) is 11.1. The monoisotopic (exact) mass is 331 g/mol. The first kappa shape index (κ1) is 14.0. The van der Waals surface area contributed by atoms with Crippen LogP contribution < -0.4 is 16.0 Å². The number of carbonyl (C=O) groups excluding carboxylic acids is 2. The summed E-state index contributed by atoms with van der Waals surface area (Å²) < 4.78 is 1.61. The van der Waals surface area contributed by atoms with Crippen LogP contribution in [-0.4, -0.2) is 43.8 Å². The second-order valence-corrected chi connectivity index (χ2v) is 6.03. The molecule has 1 saturated carbocycles. The Bertz CT molecular complexity index is 855. The van der Waals surface area contributed by atoms with E-state index in [4.69, 9.17) is 0 Å². The number of thioether (sulfide) groups is 1. The summed E-state index contributed by atoms with van der Waals surface area (Å²) in [6.45, 7) is 0. The molecule has 2 aromatic rings. The van der Waals surface area contributed by atoms with E-state index in [0.29, 0.717) is 28.4 Å². The Balaban J connectivity index is 1.80. The van der Waals surface area contributed by atoms with Crippen molar-refractivity contribution in [1.82, 2.24) is 30.2 Å². The molecule has 4 rings (SSSR count). The molecule has 2 aromatic heterocycles. The number of anilines is 1. The molecule has 9 nitrogen and oxygen atoms in total. The maximum Gasteiger partial charge on any atom is 0.326 e. The zero-order chi connectivity index (χ0) is 16.0. The first-order valence-electron chi connectivity index (χ1n) is 7.04. The van der Waals surface area contributed by atoms with Gasteiger partial charge >= 0.3 is 6.03 Å². The number of nitrogens with one attached hydrogen (secondary N) is 3. The molecule has 23 heavy (non-hydrogen) atoms. The molecule has 3 heterocycles. The lowest BCUT2D eigenvalue weighted by molar-refractivity contribution is -0.115. The topological polar surface area (TPSA) is 113 Å². The van der Waals surface area contributed by atoms with E-state index in [1.54, 1.807) is 16.8 Å². The van der Waals surface area contributed by atoms with Crippen LogP contribution in [0.5, 0.6) is 0 Å². The van der Waals surface area contributed by atoms with Gasteiger partial charge in [-0.25, -0.2) is 9.78 Å². The third-order valence-corrected chi connectivity index (χ3v) is 4.04. The summed E-state index contributed by atoms with van der Waals surface area (Å²) in [5.41, 5.74) is 1.38. The van der Waals surface area contributed by atoms with Gasteiger partial charge in [0, 0.05) is 11.6 Å². The minimum Gasteiger partial charge on any atom is -0.351 e. The highest BCUT2D eigenvalue weighted by Gasteiger charge is 2.25. The van der Waals surface area contributed by atoms with Gasteiger partial charge in [-0.15, -0.1) is 0 Å². The van der Waals surface area contributed by atoms with Crippen LogP contribution in [0.15, 0.2) is 17.1 Å². The third kappa shape index (κ3) is 2.61. The van der Waals surface area contributed by atoms with Crippen molar-refractivity contribution >= 4 is 41.4 Å². The summed E-state index contributed by atoms with van der Waals surface area (Å²) in [4.78, 5) is 31.7. The Labute approximate surface area is 134 Å². The van der Waals surface area contributed by atoms with Crippen molar-refractivity contribution in [2.45, 2.75) is 24.0 Å². The van der Waals surface area contributed by atoms with Crippen LogP contribution in [0.4, 0.5) is 10.7 Å². The second-order valence-electron chi connectivity index (χ2n) is 5.25. The lowest BCUT2D eigenvalue weighted by Crippen LogP contribution is -2.22. The van der Waals surface area contributed by atoms with E-state index in [9.17, 15) is 9.59 Å². The SMILES string of the molecule is CSc1nc(NC2CC2)n2ncc(C=C3NC(=O)NC3=O)c2n1. The number of imide groups is 1. The van der Waals surface area contributed by atoms with E-state index in [1.807, 2.05) is 6.26 Å². The fourth-order valence-corrected chi connectivity index (χ4v) is 2.57. The lowest BCUT2D eigenvalue weighted by atomic mass is 10.2. The molecule has 1 aliphatic carbocycles.